The molecular weight excluding hydrogens is 470 g/mol. The Hall–Kier alpha value is 0.850. The van der Waals surface area contributed by atoms with E-state index in [9.17, 15) is 4.79 Å². The van der Waals surface area contributed by atoms with Gasteiger partial charge in [-0.3, -0.25) is 0 Å². The van der Waals surface area contributed by atoms with E-state index in [1.54, 1.807) is 0 Å². The first-order chi connectivity index (χ1) is 9.01. The molecular formula is C13H20I2N2O2-2. The molecule has 2 heterocycles. The number of alkyl halides is 2. The molecule has 2 saturated heterocycles. The number of fused-ring (bicyclic) bond motifs is 2. The molecule has 4 rings (SSSR count). The third-order valence-electron chi connectivity index (χ3n) is 5.15. The van der Waals surface area contributed by atoms with Crippen molar-refractivity contribution in [3.63, 3.8) is 0 Å². The molecule has 0 aromatic rings. The van der Waals surface area contributed by atoms with Crippen LogP contribution in [0.3, 0.4) is 0 Å². The Morgan fingerprint density at radius 2 is 2.11 bits per heavy atom. The fraction of sp³-hybridized carbons (Fsp3) is 0.923. The van der Waals surface area contributed by atoms with E-state index < -0.39 is 0 Å². The minimum atomic E-state index is -0.273. The van der Waals surface area contributed by atoms with E-state index in [1.165, 1.54) is 25.7 Å². The van der Waals surface area contributed by atoms with E-state index in [2.05, 4.69) is 20.9 Å². The predicted molar refractivity (Wildman–Crippen MR) is 61.9 cm³/mol. The van der Waals surface area contributed by atoms with Crippen LogP contribution >= 0.6 is 0 Å². The number of halogens is 2. The number of rotatable bonds is 4. The van der Waals surface area contributed by atoms with Crippen LogP contribution in [-0.4, -0.2) is 19.2 Å². The van der Waals surface area contributed by atoms with Gasteiger partial charge in [-0.2, -0.15) is 0 Å². The summed E-state index contributed by atoms with van der Waals surface area (Å²) in [6.07, 6.45) is 5.40. The number of hydrogen-bond donors (Lipinski definition) is 2. The summed E-state index contributed by atoms with van der Waals surface area (Å²) in [7, 11) is 0. The molecule has 4 fully saturated rings. The first-order valence-electron chi connectivity index (χ1n) is 7.05. The third-order valence-corrected chi connectivity index (χ3v) is 11.3. The number of hydrogen-bond acceptors (Lipinski definition) is 4. The van der Waals surface area contributed by atoms with Crippen molar-refractivity contribution in [2.75, 3.05) is 0 Å². The number of esters is 1. The third kappa shape index (κ3) is 2.24. The zero-order valence-corrected chi connectivity index (χ0v) is 15.5. The van der Waals surface area contributed by atoms with Gasteiger partial charge in [-0.25, -0.2) is 0 Å². The van der Waals surface area contributed by atoms with Crippen molar-refractivity contribution in [1.29, 1.82) is 0 Å². The summed E-state index contributed by atoms with van der Waals surface area (Å²) in [6.45, 7) is 4.28. The van der Waals surface area contributed by atoms with Gasteiger partial charge in [0.1, 0.15) is 0 Å². The number of carbonyl (C=O) groups is 1. The molecule has 5 atom stereocenters. The van der Waals surface area contributed by atoms with Gasteiger partial charge in [-0.05, 0) is 0 Å². The molecule has 0 amide bonds. The van der Waals surface area contributed by atoms with Crippen LogP contribution in [0.1, 0.15) is 39.5 Å². The molecule has 2 N–H and O–H groups in total. The van der Waals surface area contributed by atoms with Gasteiger partial charge < -0.3 is 0 Å². The van der Waals surface area contributed by atoms with Crippen LogP contribution < -0.4 is 50.0 Å². The summed E-state index contributed by atoms with van der Waals surface area (Å²) in [5, 5.41) is 0. The normalized spacial score (nSPS) is 48.1. The van der Waals surface area contributed by atoms with Crippen LogP contribution in [-0.2, 0) is 9.53 Å². The van der Waals surface area contributed by atoms with Gasteiger partial charge in [-0.15, -0.1) is 0 Å². The van der Waals surface area contributed by atoms with Crippen molar-refractivity contribution < 1.29 is 52.5 Å². The van der Waals surface area contributed by atoms with Gasteiger partial charge >= 0.3 is 136 Å². The Morgan fingerprint density at radius 1 is 1.37 bits per heavy atom. The summed E-state index contributed by atoms with van der Waals surface area (Å²) in [6, 6.07) is 0. The summed E-state index contributed by atoms with van der Waals surface area (Å²) in [4.78, 5) is 12.5. The van der Waals surface area contributed by atoms with Crippen LogP contribution in [0.2, 0.25) is 0 Å². The molecule has 4 nitrogen and oxygen atoms in total. The maximum absolute atomic E-state index is 12.5. The summed E-state index contributed by atoms with van der Waals surface area (Å²) in [5.74, 6) is 2.34. The number of ether oxygens (including phenoxy) is 1. The second-order valence-corrected chi connectivity index (χ2v) is 12.0. The van der Waals surface area contributed by atoms with Crippen molar-refractivity contribution in [2.24, 2.45) is 17.8 Å². The van der Waals surface area contributed by atoms with E-state index in [-0.39, 0.29) is 58.1 Å². The minimum absolute atomic E-state index is 0.0442. The van der Waals surface area contributed by atoms with Crippen LogP contribution in [0.25, 0.3) is 0 Å². The Morgan fingerprint density at radius 3 is 2.58 bits per heavy atom. The average Bonchev–Trinajstić information content (AvgIpc) is 3.25. The molecule has 2 aliphatic heterocycles. The van der Waals surface area contributed by atoms with Gasteiger partial charge in [0.05, 0.1) is 0 Å². The number of carbonyl (C=O) groups excluding carboxylic acids is 1. The maximum atomic E-state index is 12.5. The van der Waals surface area contributed by atoms with Gasteiger partial charge in [0.2, 0.25) is 0 Å². The van der Waals surface area contributed by atoms with E-state index in [1.807, 2.05) is 0 Å². The standard InChI is InChI=1S/C13H20I2N2O2/c1-12(2,9-6-7-3-4-8(9)5-7)19-11(18)13(15-17-13)10-14-16-10/h7-10,16-17H,3-6H2,1-2H3/q-2. The zero-order chi connectivity index (χ0) is 13.3. The first kappa shape index (κ1) is 13.5. The van der Waals surface area contributed by atoms with Gasteiger partial charge in [0.15, 0.2) is 0 Å². The molecule has 5 unspecified atom stereocenters. The average molecular weight is 490 g/mol. The molecule has 4 aliphatic rings. The predicted octanol–water partition coefficient (Wildman–Crippen LogP) is -5.02. The molecule has 19 heavy (non-hydrogen) atoms. The molecule has 2 aliphatic carbocycles. The van der Waals surface area contributed by atoms with Crippen molar-refractivity contribution in [2.45, 2.75) is 52.7 Å². The Bertz CT molecular complexity index is 421. The van der Waals surface area contributed by atoms with Crippen LogP contribution in [0.15, 0.2) is 0 Å². The van der Waals surface area contributed by atoms with Gasteiger partial charge in [-0.1, -0.05) is 0 Å². The molecule has 0 radical (unpaired) electrons. The molecule has 0 aromatic heterocycles. The van der Waals surface area contributed by atoms with Crippen molar-refractivity contribution in [1.82, 2.24) is 7.06 Å². The van der Waals surface area contributed by atoms with E-state index in [0.717, 1.165) is 11.8 Å². The molecule has 110 valence electrons. The Kier molecular flexibility index (Phi) is 3.14. The van der Waals surface area contributed by atoms with E-state index >= 15 is 0 Å². The fourth-order valence-electron chi connectivity index (χ4n) is 3.99. The fourth-order valence-corrected chi connectivity index (χ4v) is 9.83. The summed E-state index contributed by atoms with van der Waals surface area (Å²) < 4.78 is 13.0. The first-order valence-corrected chi connectivity index (χ1v) is 11.5. The summed E-state index contributed by atoms with van der Waals surface area (Å²) >= 11 is -0.0960. The molecule has 2 bridgehead atoms. The summed E-state index contributed by atoms with van der Waals surface area (Å²) in [5.41, 5.74) is -0.273. The quantitative estimate of drug-likeness (QED) is 0.104. The topological polar surface area (TPSA) is 70.2 Å². The van der Waals surface area contributed by atoms with Crippen molar-refractivity contribution in [3.8, 4) is 0 Å². The van der Waals surface area contributed by atoms with Gasteiger partial charge in [0.25, 0.3) is 0 Å². The van der Waals surface area contributed by atoms with Crippen LogP contribution in [0.4, 0.5) is 0 Å². The Labute approximate surface area is 135 Å². The van der Waals surface area contributed by atoms with Crippen LogP contribution in [0.5, 0.6) is 0 Å². The SMILES string of the molecule is CC(C)(OC(=O)C1(C2N[I-]2)N[I-]1)C1CC2CCC1C2. The molecule has 2 saturated carbocycles. The van der Waals surface area contributed by atoms with Crippen molar-refractivity contribution >= 4 is 5.97 Å². The van der Waals surface area contributed by atoms with Gasteiger partial charge in [0, 0.05) is 0 Å². The monoisotopic (exact) mass is 490 g/mol. The molecule has 6 heteroatoms. The zero-order valence-electron chi connectivity index (χ0n) is 11.2. The van der Waals surface area contributed by atoms with Crippen molar-refractivity contribution in [3.05, 3.63) is 0 Å². The number of nitrogens with one attached hydrogen (secondary N) is 2. The molecule has 0 spiro atoms. The second-order valence-electron chi connectivity index (χ2n) is 6.76. The van der Waals surface area contributed by atoms with Crippen LogP contribution in [0, 0.1) is 17.8 Å². The Balaban J connectivity index is 1.45. The second kappa shape index (κ2) is 4.42. The van der Waals surface area contributed by atoms with E-state index in [0.29, 0.717) is 9.97 Å². The van der Waals surface area contributed by atoms with E-state index in [4.69, 9.17) is 4.74 Å². The molecule has 0 aromatic carbocycles.